The number of rotatable bonds is 7. The first-order chi connectivity index (χ1) is 9.79. The molecule has 0 saturated carbocycles. The predicted molar refractivity (Wildman–Crippen MR) is 93.0 cm³/mol. The number of furan rings is 1. The number of anilines is 1. The summed E-state index contributed by atoms with van der Waals surface area (Å²) in [6, 6.07) is 11.6. The van der Waals surface area contributed by atoms with Crippen molar-refractivity contribution in [1.29, 1.82) is 0 Å². The number of hydrogen-bond donors (Lipinski definition) is 3. The molecule has 0 aliphatic heterocycles. The highest BCUT2D eigenvalue weighted by molar-refractivity contribution is 5.93. The lowest BCUT2D eigenvalue weighted by Crippen LogP contribution is -2.25. The zero-order valence-electron chi connectivity index (χ0n) is 12.1. The molecule has 1 heterocycles. The van der Waals surface area contributed by atoms with Gasteiger partial charge >= 0.3 is 0 Å². The summed E-state index contributed by atoms with van der Waals surface area (Å²) in [5.41, 5.74) is 7.02. The van der Waals surface area contributed by atoms with Crippen LogP contribution in [-0.4, -0.2) is 19.0 Å². The van der Waals surface area contributed by atoms with E-state index >= 15 is 0 Å². The van der Waals surface area contributed by atoms with Crippen LogP contribution in [0, 0.1) is 0 Å². The molecule has 2 rings (SSSR count). The van der Waals surface area contributed by atoms with Gasteiger partial charge in [0.15, 0.2) is 0 Å². The number of benzene rings is 1. The second-order valence-electron chi connectivity index (χ2n) is 4.41. The molecule has 22 heavy (non-hydrogen) atoms. The molecular formula is C15H21Cl2N3O2. The Morgan fingerprint density at radius 3 is 2.50 bits per heavy atom. The van der Waals surface area contributed by atoms with E-state index in [9.17, 15) is 4.79 Å². The standard InChI is InChI=1S/C15H19N3O2.2ClH/c16-10-14-9-12(11-20-14)15(19)18-8-4-7-17-13-5-2-1-3-6-13;;/h1-3,5-6,9,11,17H,4,7-8,10,16H2,(H,18,19);2*1H. The Morgan fingerprint density at radius 2 is 1.86 bits per heavy atom. The number of halogens is 2. The summed E-state index contributed by atoms with van der Waals surface area (Å²) in [5.74, 6) is 0.481. The summed E-state index contributed by atoms with van der Waals surface area (Å²) < 4.78 is 5.12. The lowest BCUT2D eigenvalue weighted by Gasteiger charge is -2.06. The summed E-state index contributed by atoms with van der Waals surface area (Å²) >= 11 is 0. The van der Waals surface area contributed by atoms with Crippen molar-refractivity contribution in [2.75, 3.05) is 18.4 Å². The lowest BCUT2D eigenvalue weighted by molar-refractivity contribution is 0.0953. The highest BCUT2D eigenvalue weighted by Crippen LogP contribution is 2.07. The summed E-state index contributed by atoms with van der Waals surface area (Å²) in [4.78, 5) is 11.8. The van der Waals surface area contributed by atoms with Gasteiger partial charge in [0.25, 0.3) is 5.91 Å². The Morgan fingerprint density at radius 1 is 1.14 bits per heavy atom. The summed E-state index contributed by atoms with van der Waals surface area (Å²) in [6.45, 7) is 1.72. The van der Waals surface area contributed by atoms with Gasteiger partial charge in [0.2, 0.25) is 0 Å². The second-order valence-corrected chi connectivity index (χ2v) is 4.41. The van der Waals surface area contributed by atoms with Crippen molar-refractivity contribution in [2.24, 2.45) is 5.73 Å². The number of nitrogens with one attached hydrogen (secondary N) is 2. The molecule has 1 aromatic carbocycles. The van der Waals surface area contributed by atoms with Crippen LogP contribution in [0.4, 0.5) is 5.69 Å². The molecular weight excluding hydrogens is 325 g/mol. The Bertz CT molecular complexity index is 547. The molecule has 122 valence electrons. The van der Waals surface area contributed by atoms with Gasteiger partial charge in [-0.1, -0.05) is 18.2 Å². The van der Waals surface area contributed by atoms with Gasteiger partial charge in [-0.15, -0.1) is 24.8 Å². The van der Waals surface area contributed by atoms with E-state index in [2.05, 4.69) is 10.6 Å². The third kappa shape index (κ3) is 6.39. The van der Waals surface area contributed by atoms with Crippen LogP contribution in [0.1, 0.15) is 22.5 Å². The minimum Gasteiger partial charge on any atom is -0.467 e. The molecule has 2 aromatic rings. The van der Waals surface area contributed by atoms with Crippen LogP contribution in [0.5, 0.6) is 0 Å². The van der Waals surface area contributed by atoms with Crippen molar-refractivity contribution in [3.8, 4) is 0 Å². The number of para-hydroxylation sites is 1. The van der Waals surface area contributed by atoms with Crippen molar-refractivity contribution in [3.63, 3.8) is 0 Å². The van der Waals surface area contributed by atoms with E-state index in [4.69, 9.17) is 10.2 Å². The highest BCUT2D eigenvalue weighted by Gasteiger charge is 2.08. The van der Waals surface area contributed by atoms with Crippen molar-refractivity contribution >= 4 is 36.4 Å². The molecule has 4 N–H and O–H groups in total. The number of carbonyl (C=O) groups is 1. The van der Waals surface area contributed by atoms with E-state index in [1.807, 2.05) is 30.3 Å². The average Bonchev–Trinajstić information content (AvgIpc) is 2.97. The van der Waals surface area contributed by atoms with Gasteiger partial charge in [0.1, 0.15) is 12.0 Å². The molecule has 5 nitrogen and oxygen atoms in total. The third-order valence-electron chi connectivity index (χ3n) is 2.86. The average molecular weight is 346 g/mol. The van der Waals surface area contributed by atoms with Gasteiger partial charge in [-0.2, -0.15) is 0 Å². The molecule has 0 spiro atoms. The Kier molecular flexibility index (Phi) is 10.1. The number of carbonyl (C=O) groups excluding carboxylic acids is 1. The van der Waals surface area contributed by atoms with Crippen LogP contribution >= 0.6 is 24.8 Å². The fourth-order valence-electron chi connectivity index (χ4n) is 1.79. The van der Waals surface area contributed by atoms with Gasteiger partial charge in [0.05, 0.1) is 12.1 Å². The largest absolute Gasteiger partial charge is 0.467 e. The van der Waals surface area contributed by atoms with E-state index in [0.717, 1.165) is 18.7 Å². The van der Waals surface area contributed by atoms with Gasteiger partial charge in [0, 0.05) is 18.8 Å². The number of amides is 1. The molecule has 0 unspecified atom stereocenters. The van der Waals surface area contributed by atoms with Gasteiger partial charge in [-0.25, -0.2) is 0 Å². The van der Waals surface area contributed by atoms with E-state index < -0.39 is 0 Å². The Labute approximate surface area is 142 Å². The topological polar surface area (TPSA) is 80.3 Å². The van der Waals surface area contributed by atoms with Crippen LogP contribution in [0.15, 0.2) is 47.1 Å². The van der Waals surface area contributed by atoms with Crippen LogP contribution < -0.4 is 16.4 Å². The minimum atomic E-state index is -0.131. The zero-order valence-corrected chi connectivity index (χ0v) is 13.7. The van der Waals surface area contributed by atoms with Crippen LogP contribution in [0.2, 0.25) is 0 Å². The van der Waals surface area contributed by atoms with Gasteiger partial charge < -0.3 is 20.8 Å². The molecule has 1 aromatic heterocycles. The Hall–Kier alpha value is -1.69. The van der Waals surface area contributed by atoms with E-state index in [1.54, 1.807) is 6.07 Å². The van der Waals surface area contributed by atoms with Crippen molar-refractivity contribution in [2.45, 2.75) is 13.0 Å². The molecule has 0 saturated heterocycles. The third-order valence-corrected chi connectivity index (χ3v) is 2.86. The summed E-state index contributed by atoms with van der Waals surface area (Å²) in [6.07, 6.45) is 2.28. The molecule has 1 amide bonds. The molecule has 0 radical (unpaired) electrons. The first kappa shape index (κ1) is 20.3. The van der Waals surface area contributed by atoms with Crippen LogP contribution in [0.3, 0.4) is 0 Å². The first-order valence-electron chi connectivity index (χ1n) is 6.64. The molecule has 7 heteroatoms. The monoisotopic (exact) mass is 345 g/mol. The van der Waals surface area contributed by atoms with Crippen molar-refractivity contribution < 1.29 is 9.21 Å². The highest BCUT2D eigenvalue weighted by atomic mass is 35.5. The molecule has 0 aliphatic rings. The van der Waals surface area contributed by atoms with Crippen LogP contribution in [0.25, 0.3) is 0 Å². The zero-order chi connectivity index (χ0) is 14.2. The lowest BCUT2D eigenvalue weighted by atomic mass is 10.3. The van der Waals surface area contributed by atoms with E-state index in [1.165, 1.54) is 6.26 Å². The SMILES string of the molecule is Cl.Cl.NCc1cc(C(=O)NCCCNc2ccccc2)co1. The van der Waals surface area contributed by atoms with Crippen molar-refractivity contribution in [1.82, 2.24) is 5.32 Å². The quantitative estimate of drug-likeness (QED) is 0.674. The van der Waals surface area contributed by atoms with Crippen molar-refractivity contribution in [3.05, 3.63) is 54.0 Å². The van der Waals surface area contributed by atoms with E-state index in [-0.39, 0.29) is 30.7 Å². The van der Waals surface area contributed by atoms with Gasteiger partial charge in [-0.3, -0.25) is 4.79 Å². The maximum atomic E-state index is 11.8. The molecule has 0 aliphatic carbocycles. The summed E-state index contributed by atoms with van der Waals surface area (Å²) in [5, 5.41) is 6.13. The first-order valence-corrected chi connectivity index (χ1v) is 6.64. The fourth-order valence-corrected chi connectivity index (χ4v) is 1.79. The van der Waals surface area contributed by atoms with E-state index in [0.29, 0.717) is 24.4 Å². The molecule has 0 bridgehead atoms. The maximum absolute atomic E-state index is 11.8. The second kappa shape index (κ2) is 11.0. The number of hydrogen-bond acceptors (Lipinski definition) is 4. The number of nitrogens with two attached hydrogens (primary N) is 1. The minimum absolute atomic E-state index is 0. The molecule has 0 fully saturated rings. The normalized spacial score (nSPS) is 9.32. The van der Waals surface area contributed by atoms with Gasteiger partial charge in [-0.05, 0) is 24.6 Å². The smallest absolute Gasteiger partial charge is 0.254 e. The Balaban J connectivity index is 0.00000220. The fraction of sp³-hybridized carbons (Fsp3) is 0.267. The maximum Gasteiger partial charge on any atom is 0.254 e. The molecule has 0 atom stereocenters. The predicted octanol–water partition coefficient (Wildman–Crippen LogP) is 2.81. The van der Waals surface area contributed by atoms with Crippen LogP contribution in [-0.2, 0) is 6.54 Å². The summed E-state index contributed by atoms with van der Waals surface area (Å²) in [7, 11) is 0.